The van der Waals surface area contributed by atoms with Crippen molar-refractivity contribution in [3.63, 3.8) is 0 Å². The molecule has 0 fully saturated rings. The van der Waals surface area contributed by atoms with Gasteiger partial charge in [0, 0.05) is 6.42 Å². The molecule has 300 valence electrons. The van der Waals surface area contributed by atoms with Crippen molar-refractivity contribution < 1.29 is 19.4 Å². The molecule has 0 amide bonds. The van der Waals surface area contributed by atoms with Crippen LogP contribution in [0, 0.1) is 11.8 Å². The van der Waals surface area contributed by atoms with Crippen LogP contribution in [0.3, 0.4) is 0 Å². The standard InChI is InChI=1S/C24H48O2.C22H44O2/c1-4-7-9-10-11-12-13-14-15-16-17-18-20-22-24(25)26-23(6-3)21-19-8-5-2;1-4-5-6-7-8-9-10-11-12-13-14-15-18-21(22(23)24)19-16-17-20(2)3/h23H,4-22H2,1-3H3;20-21H,4-19H2,1-3H3,(H,23,24). The largest absolute Gasteiger partial charge is 0.481 e. The summed E-state index contributed by atoms with van der Waals surface area (Å²) in [7, 11) is 0. The molecule has 0 saturated heterocycles. The van der Waals surface area contributed by atoms with Crippen LogP contribution >= 0.6 is 0 Å². The Balaban J connectivity index is 0. The molecule has 0 rings (SSSR count). The second-order valence-corrected chi connectivity index (χ2v) is 16.0. The van der Waals surface area contributed by atoms with Gasteiger partial charge in [-0.3, -0.25) is 9.59 Å². The fraction of sp³-hybridized carbons (Fsp3) is 0.957. The highest BCUT2D eigenvalue weighted by Gasteiger charge is 2.16. The van der Waals surface area contributed by atoms with Crippen LogP contribution in [0.4, 0.5) is 0 Å². The van der Waals surface area contributed by atoms with Gasteiger partial charge in [-0.25, -0.2) is 0 Å². The van der Waals surface area contributed by atoms with Crippen LogP contribution in [0.15, 0.2) is 0 Å². The van der Waals surface area contributed by atoms with Crippen molar-refractivity contribution in [2.75, 3.05) is 0 Å². The molecule has 0 aliphatic carbocycles. The molecule has 0 aromatic rings. The predicted octanol–water partition coefficient (Wildman–Crippen LogP) is 16.0. The lowest BCUT2D eigenvalue weighted by Crippen LogP contribution is -2.17. The molecular weight excluding hydrogens is 617 g/mol. The molecule has 0 spiro atoms. The fourth-order valence-electron chi connectivity index (χ4n) is 6.90. The van der Waals surface area contributed by atoms with E-state index in [1.54, 1.807) is 0 Å². The molecular formula is C46H92O4. The Hall–Kier alpha value is -1.06. The van der Waals surface area contributed by atoms with Gasteiger partial charge in [-0.15, -0.1) is 0 Å². The molecule has 2 atom stereocenters. The summed E-state index contributed by atoms with van der Waals surface area (Å²) < 4.78 is 5.61. The van der Waals surface area contributed by atoms with E-state index in [0.717, 1.165) is 51.4 Å². The molecule has 0 bridgehead atoms. The van der Waals surface area contributed by atoms with Crippen LogP contribution in [-0.4, -0.2) is 23.1 Å². The van der Waals surface area contributed by atoms with E-state index >= 15 is 0 Å². The van der Waals surface area contributed by atoms with E-state index in [0.29, 0.717) is 12.3 Å². The molecule has 4 nitrogen and oxygen atoms in total. The van der Waals surface area contributed by atoms with Crippen molar-refractivity contribution in [3.05, 3.63) is 0 Å². The number of unbranched alkanes of at least 4 members (excludes halogenated alkanes) is 25. The van der Waals surface area contributed by atoms with E-state index in [1.807, 2.05) is 0 Å². The molecule has 0 aliphatic heterocycles. The molecule has 0 aromatic carbocycles. The summed E-state index contributed by atoms with van der Waals surface area (Å²) in [5, 5.41) is 9.32. The van der Waals surface area contributed by atoms with Crippen LogP contribution in [0.2, 0.25) is 0 Å². The van der Waals surface area contributed by atoms with Gasteiger partial charge in [0.05, 0.1) is 5.92 Å². The first kappa shape index (κ1) is 51.0. The van der Waals surface area contributed by atoms with E-state index in [9.17, 15) is 14.7 Å². The van der Waals surface area contributed by atoms with Crippen LogP contribution in [-0.2, 0) is 14.3 Å². The Morgan fingerprint density at radius 3 is 1.16 bits per heavy atom. The maximum Gasteiger partial charge on any atom is 0.306 e. The number of ether oxygens (including phenoxy) is 1. The molecule has 1 N–H and O–H groups in total. The molecule has 0 aromatic heterocycles. The number of rotatable bonds is 38. The number of carbonyl (C=O) groups excluding carboxylic acids is 1. The van der Waals surface area contributed by atoms with Gasteiger partial charge in [-0.2, -0.15) is 0 Å². The Morgan fingerprint density at radius 1 is 0.440 bits per heavy atom. The topological polar surface area (TPSA) is 63.6 Å². The van der Waals surface area contributed by atoms with E-state index < -0.39 is 5.97 Å². The highest BCUT2D eigenvalue weighted by molar-refractivity contribution is 5.70. The smallest absolute Gasteiger partial charge is 0.306 e. The average molecular weight is 709 g/mol. The van der Waals surface area contributed by atoms with Gasteiger partial charge in [0.25, 0.3) is 0 Å². The third-order valence-corrected chi connectivity index (χ3v) is 10.5. The zero-order chi connectivity index (χ0) is 37.3. The van der Waals surface area contributed by atoms with Crippen LogP contribution in [0.1, 0.15) is 266 Å². The van der Waals surface area contributed by atoms with Crippen LogP contribution in [0.5, 0.6) is 0 Å². The monoisotopic (exact) mass is 709 g/mol. The first-order chi connectivity index (χ1) is 24.3. The highest BCUT2D eigenvalue weighted by Crippen LogP contribution is 2.20. The lowest BCUT2D eigenvalue weighted by atomic mass is 9.93. The maximum absolute atomic E-state index is 11.9. The quantitative estimate of drug-likeness (QED) is 0.0512. The lowest BCUT2D eigenvalue weighted by molar-refractivity contribution is -0.149. The number of hydrogen-bond donors (Lipinski definition) is 1. The number of carbonyl (C=O) groups is 2. The van der Waals surface area contributed by atoms with Gasteiger partial charge in [-0.1, -0.05) is 221 Å². The minimum atomic E-state index is -0.582. The second kappa shape index (κ2) is 42.4. The van der Waals surface area contributed by atoms with E-state index in [-0.39, 0.29) is 18.0 Å². The number of hydrogen-bond acceptors (Lipinski definition) is 3. The van der Waals surface area contributed by atoms with Gasteiger partial charge in [0.1, 0.15) is 6.10 Å². The SMILES string of the molecule is CCCCCCCCCCCCCCC(CCCC(C)C)C(=O)O.CCCCCCCCCCCCCCCC(=O)OC(CC)CCCCC. The Labute approximate surface area is 314 Å². The third kappa shape index (κ3) is 41.4. The third-order valence-electron chi connectivity index (χ3n) is 10.5. The summed E-state index contributed by atoms with van der Waals surface area (Å²) in [6.45, 7) is 13.3. The summed E-state index contributed by atoms with van der Waals surface area (Å²) in [6.07, 6.45) is 43.9. The number of aliphatic carboxylic acids is 1. The second-order valence-electron chi connectivity index (χ2n) is 16.0. The van der Waals surface area contributed by atoms with Crippen molar-refractivity contribution in [3.8, 4) is 0 Å². The minimum absolute atomic E-state index is 0.0245. The molecule has 0 radical (unpaired) electrons. The normalized spacial score (nSPS) is 12.5. The Kier molecular flexibility index (Phi) is 43.2. The van der Waals surface area contributed by atoms with E-state index in [2.05, 4.69) is 41.5 Å². The fourth-order valence-corrected chi connectivity index (χ4v) is 6.90. The molecule has 0 aliphatic rings. The van der Waals surface area contributed by atoms with Crippen LogP contribution < -0.4 is 0 Å². The first-order valence-electron chi connectivity index (χ1n) is 22.7. The average Bonchev–Trinajstić information content (AvgIpc) is 3.09. The lowest BCUT2D eigenvalue weighted by Gasteiger charge is -2.16. The van der Waals surface area contributed by atoms with Gasteiger partial charge in [-0.05, 0) is 44.4 Å². The van der Waals surface area contributed by atoms with E-state index in [1.165, 1.54) is 167 Å². The number of carboxylic acid groups (broad SMARTS) is 1. The highest BCUT2D eigenvalue weighted by atomic mass is 16.5. The zero-order valence-electron chi connectivity index (χ0n) is 35.2. The number of esters is 1. The number of carboxylic acids is 1. The molecule has 4 heteroatoms. The van der Waals surface area contributed by atoms with Crippen molar-refractivity contribution in [1.29, 1.82) is 0 Å². The van der Waals surface area contributed by atoms with Crippen molar-refractivity contribution in [1.82, 2.24) is 0 Å². The molecule has 2 unspecified atom stereocenters. The summed E-state index contributed by atoms with van der Waals surface area (Å²) in [5.41, 5.74) is 0. The zero-order valence-corrected chi connectivity index (χ0v) is 35.2. The summed E-state index contributed by atoms with van der Waals surface area (Å²) in [6, 6.07) is 0. The summed E-state index contributed by atoms with van der Waals surface area (Å²) in [4.78, 5) is 23.2. The first-order valence-corrected chi connectivity index (χ1v) is 22.7. The van der Waals surface area contributed by atoms with Gasteiger partial charge in [0.15, 0.2) is 0 Å². The van der Waals surface area contributed by atoms with Gasteiger partial charge >= 0.3 is 11.9 Å². The summed E-state index contributed by atoms with van der Waals surface area (Å²) >= 11 is 0. The van der Waals surface area contributed by atoms with E-state index in [4.69, 9.17) is 4.74 Å². The molecule has 0 saturated carbocycles. The van der Waals surface area contributed by atoms with Crippen LogP contribution in [0.25, 0.3) is 0 Å². The molecule has 50 heavy (non-hydrogen) atoms. The summed E-state index contributed by atoms with van der Waals surface area (Å²) in [5.74, 6) is 0.0243. The maximum atomic E-state index is 11.9. The van der Waals surface area contributed by atoms with Crippen molar-refractivity contribution >= 4 is 11.9 Å². The van der Waals surface area contributed by atoms with Gasteiger partial charge in [0.2, 0.25) is 0 Å². The molecule has 0 heterocycles. The Morgan fingerprint density at radius 2 is 0.780 bits per heavy atom. The van der Waals surface area contributed by atoms with Crippen molar-refractivity contribution in [2.24, 2.45) is 11.8 Å². The Bertz CT molecular complexity index is 675. The minimum Gasteiger partial charge on any atom is -0.481 e. The van der Waals surface area contributed by atoms with Crippen molar-refractivity contribution in [2.45, 2.75) is 272 Å². The predicted molar refractivity (Wildman–Crippen MR) is 220 cm³/mol. The van der Waals surface area contributed by atoms with Gasteiger partial charge < -0.3 is 9.84 Å².